The number of aromatic nitrogens is 2. The first-order valence-corrected chi connectivity index (χ1v) is 5.49. The van der Waals surface area contributed by atoms with Crippen LogP contribution in [0.5, 0.6) is 0 Å². The van der Waals surface area contributed by atoms with Gasteiger partial charge in [0.15, 0.2) is 0 Å². The molecule has 0 aliphatic heterocycles. The Kier molecular flexibility index (Phi) is 6.07. The number of ether oxygens (including phenoxy) is 2. The van der Waals surface area contributed by atoms with Gasteiger partial charge in [-0.2, -0.15) is 0 Å². The molecule has 0 aliphatic carbocycles. The van der Waals surface area contributed by atoms with E-state index < -0.39 is 0 Å². The zero-order valence-electron chi connectivity index (χ0n) is 10.3. The van der Waals surface area contributed by atoms with Crippen molar-refractivity contribution in [3.8, 4) is 0 Å². The summed E-state index contributed by atoms with van der Waals surface area (Å²) in [4.78, 5) is 4.14. The van der Waals surface area contributed by atoms with E-state index in [-0.39, 0.29) is 6.10 Å². The summed E-state index contributed by atoms with van der Waals surface area (Å²) in [6, 6.07) is 0. The first-order valence-electron chi connectivity index (χ1n) is 5.49. The van der Waals surface area contributed by atoms with Gasteiger partial charge >= 0.3 is 0 Å². The van der Waals surface area contributed by atoms with Crippen LogP contribution in [0.3, 0.4) is 0 Å². The molecule has 0 fully saturated rings. The smallest absolute Gasteiger partial charge is 0.0949 e. The third-order valence-electron chi connectivity index (χ3n) is 2.44. The molecule has 1 heterocycles. The molecule has 0 amide bonds. The maximum absolute atomic E-state index is 5.23. The SMILES string of the molecule is COCCNCc1cncn1CC(C)OC. The monoisotopic (exact) mass is 227 g/mol. The Morgan fingerprint density at radius 3 is 3.00 bits per heavy atom. The van der Waals surface area contributed by atoms with Crippen molar-refractivity contribution in [1.82, 2.24) is 14.9 Å². The van der Waals surface area contributed by atoms with Gasteiger partial charge in [0, 0.05) is 40.1 Å². The molecular weight excluding hydrogens is 206 g/mol. The van der Waals surface area contributed by atoms with E-state index in [9.17, 15) is 0 Å². The lowest BCUT2D eigenvalue weighted by Gasteiger charge is -2.13. The highest BCUT2D eigenvalue weighted by molar-refractivity contribution is 4.98. The second-order valence-corrected chi connectivity index (χ2v) is 3.75. The molecular formula is C11H21N3O2. The van der Waals surface area contributed by atoms with Crippen molar-refractivity contribution in [3.05, 3.63) is 18.2 Å². The molecule has 0 aromatic carbocycles. The van der Waals surface area contributed by atoms with E-state index in [2.05, 4.69) is 14.9 Å². The summed E-state index contributed by atoms with van der Waals surface area (Å²) < 4.78 is 12.3. The lowest BCUT2D eigenvalue weighted by molar-refractivity contribution is 0.102. The molecule has 0 saturated carbocycles. The third kappa shape index (κ3) is 4.30. The van der Waals surface area contributed by atoms with Gasteiger partial charge in [-0.3, -0.25) is 0 Å². The third-order valence-corrected chi connectivity index (χ3v) is 2.44. The van der Waals surface area contributed by atoms with E-state index in [1.807, 2.05) is 19.4 Å². The van der Waals surface area contributed by atoms with Crippen LogP contribution >= 0.6 is 0 Å². The van der Waals surface area contributed by atoms with Crippen LogP contribution in [-0.4, -0.2) is 43.0 Å². The van der Waals surface area contributed by atoms with Crippen LogP contribution < -0.4 is 5.32 Å². The number of imidazole rings is 1. The summed E-state index contributed by atoms with van der Waals surface area (Å²) in [5.41, 5.74) is 1.17. The Morgan fingerprint density at radius 2 is 2.31 bits per heavy atom. The van der Waals surface area contributed by atoms with E-state index in [4.69, 9.17) is 9.47 Å². The number of nitrogens with zero attached hydrogens (tertiary/aromatic N) is 2. The van der Waals surface area contributed by atoms with E-state index in [1.54, 1.807) is 14.2 Å². The van der Waals surface area contributed by atoms with E-state index in [1.165, 1.54) is 5.69 Å². The number of rotatable bonds is 8. The minimum atomic E-state index is 0.201. The first kappa shape index (κ1) is 13.2. The van der Waals surface area contributed by atoms with Gasteiger partial charge in [0.1, 0.15) is 0 Å². The Balaban J connectivity index is 2.38. The molecule has 1 atom stereocenters. The predicted molar refractivity (Wildman–Crippen MR) is 62.3 cm³/mol. The molecule has 1 unspecified atom stereocenters. The summed E-state index contributed by atoms with van der Waals surface area (Å²) in [5.74, 6) is 0. The highest BCUT2D eigenvalue weighted by Gasteiger charge is 2.05. The second kappa shape index (κ2) is 7.38. The van der Waals surface area contributed by atoms with Gasteiger partial charge in [-0.25, -0.2) is 4.98 Å². The molecule has 5 nitrogen and oxygen atoms in total. The largest absolute Gasteiger partial charge is 0.383 e. The molecule has 0 saturated heterocycles. The van der Waals surface area contributed by atoms with E-state index >= 15 is 0 Å². The van der Waals surface area contributed by atoms with Gasteiger partial charge in [-0.15, -0.1) is 0 Å². The lowest BCUT2D eigenvalue weighted by Crippen LogP contribution is -2.22. The number of hydrogen-bond donors (Lipinski definition) is 1. The summed E-state index contributed by atoms with van der Waals surface area (Å²) in [7, 11) is 3.42. The molecule has 1 rings (SSSR count). The van der Waals surface area contributed by atoms with Crippen LogP contribution in [-0.2, 0) is 22.6 Å². The van der Waals surface area contributed by atoms with Crippen molar-refractivity contribution in [2.45, 2.75) is 26.1 Å². The van der Waals surface area contributed by atoms with Crippen molar-refractivity contribution >= 4 is 0 Å². The zero-order valence-corrected chi connectivity index (χ0v) is 10.3. The van der Waals surface area contributed by atoms with E-state index in [0.717, 1.165) is 26.2 Å². The minimum absolute atomic E-state index is 0.201. The Hall–Kier alpha value is -0.910. The molecule has 16 heavy (non-hydrogen) atoms. The van der Waals surface area contributed by atoms with Gasteiger partial charge in [0.25, 0.3) is 0 Å². The van der Waals surface area contributed by atoms with Crippen molar-refractivity contribution in [3.63, 3.8) is 0 Å². The molecule has 0 spiro atoms. The van der Waals surface area contributed by atoms with Crippen molar-refractivity contribution in [2.75, 3.05) is 27.4 Å². The standard InChI is InChI=1S/C11H21N3O2/c1-10(16-3)8-14-9-13-7-11(14)6-12-4-5-15-2/h7,9-10,12H,4-6,8H2,1-3H3. The van der Waals surface area contributed by atoms with E-state index in [0.29, 0.717) is 0 Å². The van der Waals surface area contributed by atoms with Gasteiger partial charge in [0.2, 0.25) is 0 Å². The fourth-order valence-corrected chi connectivity index (χ4v) is 1.40. The minimum Gasteiger partial charge on any atom is -0.383 e. The first-order chi connectivity index (χ1) is 7.77. The number of nitrogens with one attached hydrogen (secondary N) is 1. The average Bonchev–Trinajstić information content (AvgIpc) is 2.72. The molecule has 92 valence electrons. The average molecular weight is 227 g/mol. The van der Waals surface area contributed by atoms with Crippen LogP contribution in [0.1, 0.15) is 12.6 Å². The van der Waals surface area contributed by atoms with Crippen molar-refractivity contribution < 1.29 is 9.47 Å². The summed E-state index contributed by atoms with van der Waals surface area (Å²) >= 11 is 0. The van der Waals surface area contributed by atoms with Gasteiger partial charge < -0.3 is 19.4 Å². The van der Waals surface area contributed by atoms with Crippen LogP contribution in [0, 0.1) is 0 Å². The predicted octanol–water partition coefficient (Wildman–Crippen LogP) is 0.654. The van der Waals surface area contributed by atoms with Crippen molar-refractivity contribution in [2.24, 2.45) is 0 Å². The van der Waals surface area contributed by atoms with Crippen LogP contribution in [0.4, 0.5) is 0 Å². The summed E-state index contributed by atoms with van der Waals surface area (Å²) in [6.07, 6.45) is 3.91. The topological polar surface area (TPSA) is 48.3 Å². The second-order valence-electron chi connectivity index (χ2n) is 3.75. The quantitative estimate of drug-likeness (QED) is 0.663. The molecule has 1 N–H and O–H groups in total. The summed E-state index contributed by atoms with van der Waals surface area (Å²) in [6.45, 7) is 5.25. The molecule has 1 aromatic rings. The van der Waals surface area contributed by atoms with Crippen molar-refractivity contribution in [1.29, 1.82) is 0 Å². The number of methoxy groups -OCH3 is 2. The molecule has 1 aromatic heterocycles. The maximum atomic E-state index is 5.23. The highest BCUT2D eigenvalue weighted by Crippen LogP contribution is 2.02. The fraction of sp³-hybridized carbons (Fsp3) is 0.727. The Bertz CT molecular complexity index is 289. The molecule has 0 aliphatic rings. The van der Waals surface area contributed by atoms with Gasteiger partial charge in [-0.1, -0.05) is 0 Å². The Morgan fingerprint density at radius 1 is 1.50 bits per heavy atom. The highest BCUT2D eigenvalue weighted by atomic mass is 16.5. The molecule has 0 radical (unpaired) electrons. The maximum Gasteiger partial charge on any atom is 0.0949 e. The Labute approximate surface area is 96.8 Å². The van der Waals surface area contributed by atoms with Crippen LogP contribution in [0.25, 0.3) is 0 Å². The number of hydrogen-bond acceptors (Lipinski definition) is 4. The van der Waals surface area contributed by atoms with Gasteiger partial charge in [0.05, 0.1) is 24.7 Å². The van der Waals surface area contributed by atoms with Gasteiger partial charge in [-0.05, 0) is 6.92 Å². The summed E-state index contributed by atoms with van der Waals surface area (Å²) in [5, 5.41) is 3.29. The lowest BCUT2D eigenvalue weighted by atomic mass is 10.3. The van der Waals surface area contributed by atoms with Crippen LogP contribution in [0.2, 0.25) is 0 Å². The van der Waals surface area contributed by atoms with Crippen LogP contribution in [0.15, 0.2) is 12.5 Å². The fourth-order valence-electron chi connectivity index (χ4n) is 1.40. The molecule has 0 bridgehead atoms. The molecule has 5 heteroatoms. The zero-order chi connectivity index (χ0) is 11.8. The normalized spacial score (nSPS) is 12.9.